The summed E-state index contributed by atoms with van der Waals surface area (Å²) in [5, 5.41) is 0. The summed E-state index contributed by atoms with van der Waals surface area (Å²) in [6, 6.07) is 0. The molecule has 1 saturated heterocycles. The van der Waals surface area contributed by atoms with Gasteiger partial charge in [0.2, 0.25) is 0 Å². The Morgan fingerprint density at radius 3 is 2.80 bits per heavy atom. The third-order valence-corrected chi connectivity index (χ3v) is 0.304. The molecular weight excluding hydrogens is 72.0 g/mol. The zero-order valence-electron chi connectivity index (χ0n) is 2.52. The van der Waals surface area contributed by atoms with Crippen molar-refractivity contribution in [3.05, 3.63) is 0 Å². The Labute approximate surface area is 28.9 Å². The SMILES string of the molecule is C1NNOO1. The number of nitrogens with one attached hydrogen (secondary N) is 2. The zero-order valence-corrected chi connectivity index (χ0v) is 2.52. The number of rotatable bonds is 0. The number of hydrogen-bond acceptors (Lipinski definition) is 4. The lowest BCUT2D eigenvalue weighted by molar-refractivity contribution is -0.286. The highest BCUT2D eigenvalue weighted by Crippen LogP contribution is 1.71. The van der Waals surface area contributed by atoms with E-state index in [0.29, 0.717) is 6.73 Å². The molecule has 0 radical (unpaired) electrons. The van der Waals surface area contributed by atoms with Crippen molar-refractivity contribution in [2.45, 2.75) is 0 Å². The second-order valence-corrected chi connectivity index (χ2v) is 0.624. The molecule has 1 aliphatic heterocycles. The molecule has 0 aromatic rings. The fourth-order valence-corrected chi connectivity index (χ4v) is 0.147. The Balaban J connectivity index is 2.08. The van der Waals surface area contributed by atoms with Crippen LogP contribution in [0.5, 0.6) is 0 Å². The number of hydrazine groups is 1. The van der Waals surface area contributed by atoms with Crippen molar-refractivity contribution in [3.8, 4) is 0 Å². The Hall–Kier alpha value is -0.160. The predicted octanol–water partition coefficient (Wildman–Crippen LogP) is -1.09. The minimum absolute atomic E-state index is 0.417. The molecule has 4 heteroatoms. The molecule has 0 spiro atoms. The average molecular weight is 76.1 g/mol. The van der Waals surface area contributed by atoms with Gasteiger partial charge in [-0.1, -0.05) is 0 Å². The first kappa shape index (κ1) is 3.05. The molecule has 0 aliphatic carbocycles. The fourth-order valence-electron chi connectivity index (χ4n) is 0.147. The predicted molar refractivity (Wildman–Crippen MR) is 13.3 cm³/mol. The van der Waals surface area contributed by atoms with Crippen LogP contribution >= 0.6 is 0 Å². The van der Waals surface area contributed by atoms with Crippen LogP contribution in [-0.4, -0.2) is 6.73 Å². The molecular formula is CH4N2O2. The third kappa shape index (κ3) is 0.555. The molecule has 0 amide bonds. The maximum absolute atomic E-state index is 4.22. The Morgan fingerprint density at radius 1 is 1.60 bits per heavy atom. The summed E-state index contributed by atoms with van der Waals surface area (Å²) >= 11 is 0. The summed E-state index contributed by atoms with van der Waals surface area (Å²) in [6.07, 6.45) is 0. The third-order valence-electron chi connectivity index (χ3n) is 0.304. The average Bonchev–Trinajstić information content (AvgIpc) is 1.76. The van der Waals surface area contributed by atoms with Gasteiger partial charge in [0.25, 0.3) is 0 Å². The first-order chi connectivity index (χ1) is 2.50. The summed E-state index contributed by atoms with van der Waals surface area (Å²) in [5.41, 5.74) is 4.78. The van der Waals surface area contributed by atoms with E-state index >= 15 is 0 Å². The molecule has 1 heterocycles. The van der Waals surface area contributed by atoms with Gasteiger partial charge in [0.1, 0.15) is 6.73 Å². The molecule has 0 bridgehead atoms. The van der Waals surface area contributed by atoms with Crippen LogP contribution in [0.4, 0.5) is 0 Å². The van der Waals surface area contributed by atoms with Crippen molar-refractivity contribution in [1.29, 1.82) is 0 Å². The molecule has 0 unspecified atom stereocenters. The molecule has 0 saturated carbocycles. The van der Waals surface area contributed by atoms with Gasteiger partial charge in [-0.2, -0.15) is 4.89 Å². The van der Waals surface area contributed by atoms with Crippen molar-refractivity contribution in [1.82, 2.24) is 11.0 Å². The molecule has 1 aliphatic rings. The Morgan fingerprint density at radius 2 is 2.60 bits per heavy atom. The van der Waals surface area contributed by atoms with Crippen LogP contribution in [0.15, 0.2) is 0 Å². The van der Waals surface area contributed by atoms with Crippen molar-refractivity contribution in [2.75, 3.05) is 6.73 Å². The van der Waals surface area contributed by atoms with Gasteiger partial charge in [-0.25, -0.2) is 5.43 Å². The monoisotopic (exact) mass is 76.0 g/mol. The second-order valence-electron chi connectivity index (χ2n) is 0.624. The lowest BCUT2D eigenvalue weighted by atomic mass is 11.4. The van der Waals surface area contributed by atoms with Crippen LogP contribution in [-0.2, 0) is 9.88 Å². The van der Waals surface area contributed by atoms with Gasteiger partial charge in [-0.15, -0.1) is 10.6 Å². The van der Waals surface area contributed by atoms with E-state index < -0.39 is 0 Å². The Kier molecular flexibility index (Phi) is 0.806. The topological polar surface area (TPSA) is 42.5 Å². The number of hydrogen-bond donors (Lipinski definition) is 2. The van der Waals surface area contributed by atoms with Crippen molar-refractivity contribution < 1.29 is 9.88 Å². The van der Waals surface area contributed by atoms with E-state index in [0.717, 1.165) is 0 Å². The molecule has 4 nitrogen and oxygen atoms in total. The molecule has 0 atom stereocenters. The second kappa shape index (κ2) is 1.32. The largest absolute Gasteiger partial charge is 0.204 e. The van der Waals surface area contributed by atoms with E-state index in [1.807, 2.05) is 0 Å². The molecule has 5 heavy (non-hydrogen) atoms. The van der Waals surface area contributed by atoms with Crippen LogP contribution in [0, 0.1) is 0 Å². The van der Waals surface area contributed by atoms with E-state index in [-0.39, 0.29) is 0 Å². The molecule has 1 rings (SSSR count). The van der Waals surface area contributed by atoms with Gasteiger partial charge < -0.3 is 0 Å². The van der Waals surface area contributed by atoms with Crippen molar-refractivity contribution in [2.24, 2.45) is 0 Å². The maximum Gasteiger partial charge on any atom is 0.149 e. The smallest absolute Gasteiger partial charge is 0.149 e. The van der Waals surface area contributed by atoms with E-state index in [4.69, 9.17) is 0 Å². The minimum Gasteiger partial charge on any atom is -0.204 e. The van der Waals surface area contributed by atoms with Crippen LogP contribution < -0.4 is 11.0 Å². The summed E-state index contributed by atoms with van der Waals surface area (Å²) in [5.74, 6) is 0. The van der Waals surface area contributed by atoms with E-state index in [2.05, 4.69) is 20.9 Å². The highest BCUT2D eigenvalue weighted by atomic mass is 17.3. The van der Waals surface area contributed by atoms with Gasteiger partial charge >= 0.3 is 0 Å². The highest BCUT2D eigenvalue weighted by Gasteiger charge is 1.91. The van der Waals surface area contributed by atoms with Crippen LogP contribution in [0.3, 0.4) is 0 Å². The summed E-state index contributed by atoms with van der Waals surface area (Å²) in [4.78, 5) is 8.31. The normalized spacial score (nSPS) is 24.0. The van der Waals surface area contributed by atoms with Gasteiger partial charge in [0.05, 0.1) is 0 Å². The molecule has 0 aromatic heterocycles. The van der Waals surface area contributed by atoms with Gasteiger partial charge in [-0.3, -0.25) is 0 Å². The van der Waals surface area contributed by atoms with Crippen LogP contribution in [0.25, 0.3) is 0 Å². The molecule has 1 fully saturated rings. The first-order valence-electron chi connectivity index (χ1n) is 1.26. The van der Waals surface area contributed by atoms with Gasteiger partial charge in [0, 0.05) is 0 Å². The standard InChI is InChI=1S/CH4N2O2/c1-2-3-5-4-1/h2-3H,1H2. The van der Waals surface area contributed by atoms with Crippen molar-refractivity contribution >= 4 is 0 Å². The fraction of sp³-hybridized carbons (Fsp3) is 1.00. The minimum atomic E-state index is 0.417. The molecule has 2 N–H and O–H groups in total. The van der Waals surface area contributed by atoms with E-state index in [9.17, 15) is 0 Å². The van der Waals surface area contributed by atoms with Crippen LogP contribution in [0.2, 0.25) is 0 Å². The van der Waals surface area contributed by atoms with E-state index in [1.54, 1.807) is 0 Å². The first-order valence-corrected chi connectivity index (χ1v) is 1.26. The zero-order chi connectivity index (χ0) is 3.54. The van der Waals surface area contributed by atoms with Crippen molar-refractivity contribution in [3.63, 3.8) is 0 Å². The summed E-state index contributed by atoms with van der Waals surface area (Å²) in [6.45, 7) is 0.417. The van der Waals surface area contributed by atoms with Gasteiger partial charge in [-0.05, 0) is 0 Å². The van der Waals surface area contributed by atoms with Gasteiger partial charge in [0.15, 0.2) is 0 Å². The summed E-state index contributed by atoms with van der Waals surface area (Å²) in [7, 11) is 0. The lowest BCUT2D eigenvalue weighted by Gasteiger charge is -1.76. The quantitative estimate of drug-likeness (QED) is 0.360. The van der Waals surface area contributed by atoms with E-state index in [1.165, 1.54) is 0 Å². The molecule has 0 aromatic carbocycles. The maximum atomic E-state index is 4.22. The lowest BCUT2D eigenvalue weighted by Crippen LogP contribution is -2.20. The Bertz CT molecular complexity index is 19.2. The summed E-state index contributed by atoms with van der Waals surface area (Å²) < 4.78 is 0. The highest BCUT2D eigenvalue weighted by molar-refractivity contribution is 4.08. The molecule has 30 valence electrons. The van der Waals surface area contributed by atoms with Crippen LogP contribution in [0.1, 0.15) is 0 Å².